The summed E-state index contributed by atoms with van der Waals surface area (Å²) in [5, 5.41) is 13.6. The van der Waals surface area contributed by atoms with Gasteiger partial charge in [0, 0.05) is 60.3 Å². The lowest BCUT2D eigenvalue weighted by atomic mass is 10.0. The van der Waals surface area contributed by atoms with Crippen molar-refractivity contribution in [2.45, 2.75) is 18.6 Å². The normalized spacial score (nSPS) is 20.3. The molecule has 1 aromatic carbocycles. The Hall–Kier alpha value is -2.87. The van der Waals surface area contributed by atoms with Crippen LogP contribution in [0.25, 0.3) is 22.0 Å². The zero-order valence-corrected chi connectivity index (χ0v) is 15.7. The first-order valence-electron chi connectivity index (χ1n) is 9.08. The van der Waals surface area contributed by atoms with Gasteiger partial charge < -0.3 is 15.0 Å². The van der Waals surface area contributed by atoms with E-state index in [2.05, 4.69) is 20.5 Å². The molecule has 2 aromatic heterocycles. The Balaban J connectivity index is 1.75. The molecule has 0 amide bonds. The van der Waals surface area contributed by atoms with Crippen LogP contribution in [0.4, 0.5) is 14.6 Å². The summed E-state index contributed by atoms with van der Waals surface area (Å²) in [6.07, 6.45) is 2.91. The molecule has 4 rings (SSSR count). The summed E-state index contributed by atoms with van der Waals surface area (Å²) in [4.78, 5) is 6.16. The summed E-state index contributed by atoms with van der Waals surface area (Å²) in [6.45, 7) is 1.17. The Morgan fingerprint density at radius 2 is 2.04 bits per heavy atom. The number of likely N-dealkylation sites (N-methyl/N-ethyl adjacent to an activating group) is 1. The zero-order chi connectivity index (χ0) is 19.7. The van der Waals surface area contributed by atoms with Crippen LogP contribution >= 0.6 is 0 Å². The average Bonchev–Trinajstić information content (AvgIpc) is 2.68. The molecule has 0 radical (unpaired) electrons. The largest absolute Gasteiger partial charge is 0.496 e. The number of hydrogen-bond donors (Lipinski definition) is 1. The summed E-state index contributed by atoms with van der Waals surface area (Å²) < 4.78 is 32.8. The fourth-order valence-corrected chi connectivity index (χ4v) is 3.71. The quantitative estimate of drug-likeness (QED) is 0.744. The van der Waals surface area contributed by atoms with Crippen molar-refractivity contribution < 1.29 is 13.5 Å². The van der Waals surface area contributed by atoms with Crippen molar-refractivity contribution in [1.82, 2.24) is 20.1 Å². The van der Waals surface area contributed by atoms with Crippen LogP contribution in [0.2, 0.25) is 0 Å². The molecule has 0 bridgehead atoms. The molecule has 1 aliphatic rings. The number of methoxy groups -OCH3 is 1. The van der Waals surface area contributed by atoms with E-state index in [-0.39, 0.29) is 6.04 Å². The van der Waals surface area contributed by atoms with Gasteiger partial charge in [0.2, 0.25) is 0 Å². The van der Waals surface area contributed by atoms with E-state index < -0.39 is 12.0 Å². The van der Waals surface area contributed by atoms with E-state index in [0.717, 1.165) is 17.3 Å². The minimum atomic E-state index is -0.875. The van der Waals surface area contributed by atoms with Crippen molar-refractivity contribution in [3.8, 4) is 17.0 Å². The van der Waals surface area contributed by atoms with E-state index >= 15 is 0 Å². The molecule has 3 heterocycles. The summed E-state index contributed by atoms with van der Waals surface area (Å²) in [5.41, 5.74) is 1.18. The van der Waals surface area contributed by atoms with Crippen molar-refractivity contribution >= 4 is 16.6 Å². The van der Waals surface area contributed by atoms with Gasteiger partial charge in [0.15, 0.2) is 5.82 Å². The zero-order valence-electron chi connectivity index (χ0n) is 15.7. The van der Waals surface area contributed by atoms with Gasteiger partial charge in [-0.05, 0) is 25.2 Å². The van der Waals surface area contributed by atoms with E-state index in [1.807, 2.05) is 18.0 Å². The number of rotatable bonds is 4. The lowest BCUT2D eigenvalue weighted by molar-refractivity contribution is 0.153. The minimum absolute atomic E-state index is 0.0642. The Bertz CT molecular complexity index is 989. The Morgan fingerprint density at radius 3 is 2.82 bits per heavy atom. The highest BCUT2D eigenvalue weighted by Crippen LogP contribution is 2.35. The number of anilines is 1. The fraction of sp³-hybridized carbons (Fsp3) is 0.350. The number of ether oxygens (including phenoxy) is 1. The summed E-state index contributed by atoms with van der Waals surface area (Å²) in [6, 6.07) is 6.05. The van der Waals surface area contributed by atoms with Gasteiger partial charge >= 0.3 is 0 Å². The fourth-order valence-electron chi connectivity index (χ4n) is 3.71. The third kappa shape index (κ3) is 3.60. The molecule has 1 fully saturated rings. The number of likely N-dealkylation sites (tertiary alicyclic amines) is 1. The van der Waals surface area contributed by atoms with Crippen LogP contribution in [0, 0.1) is 5.82 Å². The molecular formula is C20H21F2N5O. The van der Waals surface area contributed by atoms with Crippen molar-refractivity contribution in [2.24, 2.45) is 0 Å². The number of piperidine rings is 1. The standard InChI is InChI=1S/C20H21F2N5O/c1-27-10-13(22)7-14(11-27)24-20-15-5-6-23-9-17(15)19(25-26-20)16-4-3-12(21)8-18(16)28-2/h3-6,8-9,13-14H,7,10-11H2,1-2H3,(H,24,26)/t13-,14-/m1/s1. The Labute approximate surface area is 161 Å². The molecule has 2 atom stereocenters. The molecule has 0 spiro atoms. The third-order valence-electron chi connectivity index (χ3n) is 4.92. The predicted octanol–water partition coefficient (Wildman–Crippen LogP) is 3.29. The smallest absolute Gasteiger partial charge is 0.156 e. The van der Waals surface area contributed by atoms with Gasteiger partial charge in [0.25, 0.3) is 0 Å². The van der Waals surface area contributed by atoms with Crippen molar-refractivity contribution in [3.63, 3.8) is 0 Å². The van der Waals surface area contributed by atoms with Crippen molar-refractivity contribution in [1.29, 1.82) is 0 Å². The first kappa shape index (κ1) is 18.5. The van der Waals surface area contributed by atoms with Gasteiger partial charge in [-0.3, -0.25) is 4.98 Å². The van der Waals surface area contributed by atoms with E-state index in [0.29, 0.717) is 35.8 Å². The number of alkyl halides is 1. The van der Waals surface area contributed by atoms with Gasteiger partial charge in [-0.25, -0.2) is 8.78 Å². The van der Waals surface area contributed by atoms with Gasteiger partial charge in [0.05, 0.1) is 7.11 Å². The number of nitrogens with zero attached hydrogens (tertiary/aromatic N) is 4. The maximum Gasteiger partial charge on any atom is 0.156 e. The molecule has 0 aliphatic carbocycles. The van der Waals surface area contributed by atoms with Crippen molar-refractivity contribution in [3.05, 3.63) is 42.5 Å². The van der Waals surface area contributed by atoms with Crippen LogP contribution in [0.15, 0.2) is 36.7 Å². The lowest BCUT2D eigenvalue weighted by Crippen LogP contribution is -2.45. The second-order valence-electron chi connectivity index (χ2n) is 7.06. The number of halogens is 2. The first-order valence-corrected chi connectivity index (χ1v) is 9.08. The molecule has 1 aliphatic heterocycles. The molecule has 28 heavy (non-hydrogen) atoms. The highest BCUT2D eigenvalue weighted by atomic mass is 19.1. The molecule has 3 aromatic rings. The molecule has 1 N–H and O–H groups in total. The van der Waals surface area contributed by atoms with Crippen LogP contribution < -0.4 is 10.1 Å². The number of fused-ring (bicyclic) bond motifs is 1. The lowest BCUT2D eigenvalue weighted by Gasteiger charge is -2.32. The number of pyridine rings is 1. The summed E-state index contributed by atoms with van der Waals surface area (Å²) >= 11 is 0. The number of benzene rings is 1. The minimum Gasteiger partial charge on any atom is -0.496 e. The third-order valence-corrected chi connectivity index (χ3v) is 4.92. The number of hydrogen-bond acceptors (Lipinski definition) is 6. The highest BCUT2D eigenvalue weighted by Gasteiger charge is 2.26. The predicted molar refractivity (Wildman–Crippen MR) is 104 cm³/mol. The van der Waals surface area contributed by atoms with Crippen LogP contribution in [-0.4, -0.2) is 59.5 Å². The molecular weight excluding hydrogens is 364 g/mol. The molecule has 1 saturated heterocycles. The van der Waals surface area contributed by atoms with Crippen molar-refractivity contribution in [2.75, 3.05) is 32.6 Å². The maximum atomic E-state index is 13.9. The number of nitrogens with one attached hydrogen (secondary N) is 1. The monoisotopic (exact) mass is 385 g/mol. The molecule has 0 saturated carbocycles. The summed E-state index contributed by atoms with van der Waals surface area (Å²) in [5.74, 6) is 0.556. The Kier molecular flexibility index (Phi) is 5.04. The SMILES string of the molecule is COc1cc(F)ccc1-c1nnc(N[C@@H]2C[C@@H](F)CN(C)C2)c2ccncc12. The van der Waals surface area contributed by atoms with Gasteiger partial charge in [-0.15, -0.1) is 10.2 Å². The Morgan fingerprint density at radius 1 is 1.18 bits per heavy atom. The summed E-state index contributed by atoms with van der Waals surface area (Å²) in [7, 11) is 3.38. The van der Waals surface area contributed by atoms with Crippen LogP contribution in [-0.2, 0) is 0 Å². The highest BCUT2D eigenvalue weighted by molar-refractivity contribution is 6.00. The molecule has 146 valence electrons. The average molecular weight is 385 g/mol. The van der Waals surface area contributed by atoms with Crippen LogP contribution in [0.3, 0.4) is 0 Å². The van der Waals surface area contributed by atoms with Gasteiger partial charge in [-0.2, -0.15) is 0 Å². The second-order valence-corrected chi connectivity index (χ2v) is 7.06. The van der Waals surface area contributed by atoms with E-state index in [4.69, 9.17) is 4.74 Å². The topological polar surface area (TPSA) is 63.2 Å². The second kappa shape index (κ2) is 7.63. The first-order chi connectivity index (χ1) is 13.5. The molecule has 0 unspecified atom stereocenters. The van der Waals surface area contributed by atoms with E-state index in [1.54, 1.807) is 18.5 Å². The number of aromatic nitrogens is 3. The molecule has 8 heteroatoms. The van der Waals surface area contributed by atoms with Crippen LogP contribution in [0.1, 0.15) is 6.42 Å². The van der Waals surface area contributed by atoms with E-state index in [1.165, 1.54) is 19.2 Å². The van der Waals surface area contributed by atoms with Crippen LogP contribution in [0.5, 0.6) is 5.75 Å². The van der Waals surface area contributed by atoms with Gasteiger partial charge in [0.1, 0.15) is 23.4 Å². The molecule has 6 nitrogen and oxygen atoms in total. The van der Waals surface area contributed by atoms with E-state index in [9.17, 15) is 8.78 Å². The van der Waals surface area contributed by atoms with Gasteiger partial charge in [-0.1, -0.05) is 0 Å². The maximum absolute atomic E-state index is 13.9.